The van der Waals surface area contributed by atoms with Gasteiger partial charge in [0.05, 0.1) is 6.61 Å². The van der Waals surface area contributed by atoms with E-state index in [9.17, 15) is 18.4 Å². The molecule has 9 heteroatoms. The zero-order valence-corrected chi connectivity index (χ0v) is 15.1. The Hall–Kier alpha value is -1.58. The molecule has 0 radical (unpaired) electrons. The molecule has 0 aliphatic carbocycles. The van der Waals surface area contributed by atoms with Crippen LogP contribution < -0.4 is 0 Å². The van der Waals surface area contributed by atoms with Gasteiger partial charge in [-0.2, -0.15) is 8.78 Å². The SMILES string of the molecule is C=C(C)CC(CCOC(=O)C(F)(F)OC)C1(CC)OC2COC(=O)C2O1. The average Bonchev–Trinajstić information content (AvgIpc) is 3.13. The molecule has 0 aromatic rings. The summed E-state index contributed by atoms with van der Waals surface area (Å²) in [6.07, 6.45) is -4.22. The van der Waals surface area contributed by atoms with Gasteiger partial charge in [-0.1, -0.05) is 12.5 Å². The van der Waals surface area contributed by atoms with Gasteiger partial charge < -0.3 is 23.7 Å². The highest BCUT2D eigenvalue weighted by molar-refractivity contribution is 5.78. The lowest BCUT2D eigenvalue weighted by molar-refractivity contribution is -0.243. The Kier molecular flexibility index (Phi) is 6.36. The Morgan fingerprint density at radius 2 is 2.15 bits per heavy atom. The molecule has 26 heavy (non-hydrogen) atoms. The van der Waals surface area contributed by atoms with Gasteiger partial charge in [0.2, 0.25) is 0 Å². The molecular formula is C17H24F2O7. The van der Waals surface area contributed by atoms with Crippen LogP contribution in [0.1, 0.15) is 33.1 Å². The molecule has 0 amide bonds. The van der Waals surface area contributed by atoms with E-state index in [0.29, 0.717) is 12.8 Å². The minimum absolute atomic E-state index is 0.111. The van der Waals surface area contributed by atoms with Gasteiger partial charge in [-0.25, -0.2) is 9.59 Å². The molecule has 148 valence electrons. The van der Waals surface area contributed by atoms with E-state index in [2.05, 4.69) is 16.1 Å². The third-order valence-corrected chi connectivity index (χ3v) is 4.54. The topological polar surface area (TPSA) is 80.3 Å². The Morgan fingerprint density at radius 3 is 2.69 bits per heavy atom. The molecule has 0 saturated carbocycles. The molecule has 2 fully saturated rings. The first kappa shape index (κ1) is 20.7. The van der Waals surface area contributed by atoms with E-state index in [1.54, 1.807) is 0 Å². The molecule has 0 spiro atoms. The van der Waals surface area contributed by atoms with E-state index in [1.807, 2.05) is 13.8 Å². The predicted octanol–water partition coefficient (Wildman–Crippen LogP) is 2.19. The summed E-state index contributed by atoms with van der Waals surface area (Å²) < 4.78 is 51.4. The second-order valence-corrected chi connectivity index (χ2v) is 6.49. The largest absolute Gasteiger partial charge is 0.461 e. The van der Waals surface area contributed by atoms with E-state index in [0.717, 1.165) is 12.7 Å². The first-order chi connectivity index (χ1) is 12.1. The number of hydrogen-bond donors (Lipinski definition) is 0. The molecule has 2 saturated heterocycles. The number of hydrogen-bond acceptors (Lipinski definition) is 7. The number of fused-ring (bicyclic) bond motifs is 1. The average molecular weight is 378 g/mol. The van der Waals surface area contributed by atoms with E-state index < -0.39 is 36.0 Å². The van der Waals surface area contributed by atoms with Crippen molar-refractivity contribution in [3.8, 4) is 0 Å². The van der Waals surface area contributed by atoms with Crippen molar-refractivity contribution in [1.29, 1.82) is 0 Å². The second kappa shape index (κ2) is 7.98. The molecule has 7 nitrogen and oxygen atoms in total. The zero-order valence-electron chi connectivity index (χ0n) is 15.1. The lowest BCUT2D eigenvalue weighted by Gasteiger charge is -2.36. The first-order valence-electron chi connectivity index (χ1n) is 8.42. The summed E-state index contributed by atoms with van der Waals surface area (Å²) in [5.41, 5.74) is 0.822. The Balaban J connectivity index is 2.05. The fourth-order valence-electron chi connectivity index (χ4n) is 3.21. The fourth-order valence-corrected chi connectivity index (χ4v) is 3.21. The van der Waals surface area contributed by atoms with E-state index >= 15 is 0 Å². The van der Waals surface area contributed by atoms with Crippen molar-refractivity contribution in [2.75, 3.05) is 20.3 Å². The Bertz CT molecular complexity index is 565. The molecular weight excluding hydrogens is 354 g/mol. The monoisotopic (exact) mass is 378 g/mol. The van der Waals surface area contributed by atoms with Crippen LogP contribution in [-0.2, 0) is 33.3 Å². The maximum absolute atomic E-state index is 13.1. The summed E-state index contributed by atoms with van der Waals surface area (Å²) in [7, 11) is 0.718. The lowest BCUT2D eigenvalue weighted by atomic mass is 9.87. The van der Waals surface area contributed by atoms with Gasteiger partial charge in [0.25, 0.3) is 0 Å². The number of halogens is 2. The quantitative estimate of drug-likeness (QED) is 0.449. The van der Waals surface area contributed by atoms with Gasteiger partial charge in [0.1, 0.15) is 12.7 Å². The van der Waals surface area contributed by atoms with Gasteiger partial charge in [-0.05, 0) is 26.2 Å². The number of allylic oxidation sites excluding steroid dienone is 1. The predicted molar refractivity (Wildman–Crippen MR) is 84.2 cm³/mol. The van der Waals surface area contributed by atoms with Gasteiger partial charge >= 0.3 is 18.0 Å². The van der Waals surface area contributed by atoms with Gasteiger partial charge in [0, 0.05) is 13.0 Å². The summed E-state index contributed by atoms with van der Waals surface area (Å²) in [4.78, 5) is 23.1. The third-order valence-electron chi connectivity index (χ3n) is 4.54. The highest BCUT2D eigenvalue weighted by Crippen LogP contribution is 2.43. The van der Waals surface area contributed by atoms with Gasteiger partial charge in [-0.15, -0.1) is 6.58 Å². The number of carbonyl (C=O) groups is 2. The molecule has 2 aliphatic heterocycles. The van der Waals surface area contributed by atoms with Crippen molar-refractivity contribution in [2.24, 2.45) is 5.92 Å². The summed E-state index contributed by atoms with van der Waals surface area (Å²) in [5, 5.41) is 0. The number of methoxy groups -OCH3 is 1. The highest BCUT2D eigenvalue weighted by Gasteiger charge is 2.57. The normalized spacial score (nSPS) is 29.2. The molecule has 4 atom stereocenters. The van der Waals surface area contributed by atoms with Crippen LogP contribution in [0.25, 0.3) is 0 Å². The van der Waals surface area contributed by atoms with E-state index in [-0.39, 0.29) is 25.6 Å². The summed E-state index contributed by atoms with van der Waals surface area (Å²) in [5.74, 6) is -3.67. The molecule has 4 unspecified atom stereocenters. The fraction of sp³-hybridized carbons (Fsp3) is 0.765. The van der Waals surface area contributed by atoms with Crippen molar-refractivity contribution in [3.63, 3.8) is 0 Å². The first-order valence-corrected chi connectivity index (χ1v) is 8.42. The summed E-state index contributed by atoms with van der Waals surface area (Å²) in [6, 6.07) is 0. The van der Waals surface area contributed by atoms with Crippen LogP contribution in [0.3, 0.4) is 0 Å². The number of carbonyl (C=O) groups excluding carboxylic acids is 2. The Morgan fingerprint density at radius 1 is 1.46 bits per heavy atom. The standard InChI is InChI=1S/C17H24F2O7/c1-5-16(25-12-9-24-14(20)13(12)26-16)11(8-10(2)3)6-7-23-15(21)17(18,19)22-4/h11-13H,2,5-9H2,1,3-4H3. The lowest BCUT2D eigenvalue weighted by Crippen LogP contribution is -2.42. The van der Waals surface area contributed by atoms with Crippen molar-refractivity contribution in [3.05, 3.63) is 12.2 Å². The van der Waals surface area contributed by atoms with Crippen LogP contribution >= 0.6 is 0 Å². The number of rotatable bonds is 9. The molecule has 2 rings (SSSR count). The number of cyclic esters (lactones) is 1. The number of ether oxygens (including phenoxy) is 5. The van der Waals surface area contributed by atoms with Crippen LogP contribution in [0.15, 0.2) is 12.2 Å². The smallest absolute Gasteiger partial charge is 0.455 e. The zero-order chi connectivity index (χ0) is 19.5. The van der Waals surface area contributed by atoms with E-state index in [4.69, 9.17) is 14.2 Å². The highest BCUT2D eigenvalue weighted by atomic mass is 19.3. The maximum Gasteiger partial charge on any atom is 0.455 e. The van der Waals surface area contributed by atoms with Crippen molar-refractivity contribution < 1.29 is 42.1 Å². The van der Waals surface area contributed by atoms with Crippen LogP contribution in [-0.4, -0.2) is 56.4 Å². The minimum Gasteiger partial charge on any atom is -0.461 e. The minimum atomic E-state index is -3.99. The summed E-state index contributed by atoms with van der Waals surface area (Å²) >= 11 is 0. The summed E-state index contributed by atoms with van der Waals surface area (Å²) in [6.45, 7) is 7.35. The Labute approximate surface area is 150 Å². The van der Waals surface area contributed by atoms with Gasteiger partial charge in [0.15, 0.2) is 11.9 Å². The maximum atomic E-state index is 13.1. The molecule has 0 N–H and O–H groups in total. The molecule has 0 aromatic carbocycles. The van der Waals surface area contributed by atoms with Crippen LogP contribution in [0, 0.1) is 5.92 Å². The van der Waals surface area contributed by atoms with Crippen LogP contribution in [0.5, 0.6) is 0 Å². The molecule has 2 heterocycles. The van der Waals surface area contributed by atoms with Crippen molar-refractivity contribution in [2.45, 2.75) is 57.2 Å². The second-order valence-electron chi connectivity index (χ2n) is 6.49. The van der Waals surface area contributed by atoms with Gasteiger partial charge in [-0.3, -0.25) is 0 Å². The molecule has 0 bridgehead atoms. The van der Waals surface area contributed by atoms with Crippen LogP contribution in [0.4, 0.5) is 8.78 Å². The van der Waals surface area contributed by atoms with Crippen LogP contribution in [0.2, 0.25) is 0 Å². The molecule has 2 aliphatic rings. The van der Waals surface area contributed by atoms with Crippen molar-refractivity contribution in [1.82, 2.24) is 0 Å². The van der Waals surface area contributed by atoms with E-state index in [1.165, 1.54) is 0 Å². The third kappa shape index (κ3) is 4.21. The number of esters is 2. The molecule has 0 aromatic heterocycles. The van der Waals surface area contributed by atoms with Crippen molar-refractivity contribution >= 4 is 11.9 Å². The number of alkyl halides is 2.